The molecule has 0 aliphatic heterocycles. The highest BCUT2D eigenvalue weighted by Gasteiger charge is 2.50. The molecule has 152 valence electrons. The Hall–Kier alpha value is -1.67. The highest BCUT2D eigenvalue weighted by Crippen LogP contribution is 2.49. The van der Waals surface area contributed by atoms with Crippen LogP contribution in [-0.4, -0.2) is 23.2 Å². The molecule has 1 unspecified atom stereocenters. The lowest BCUT2D eigenvalue weighted by molar-refractivity contribution is 0.440. The molecule has 0 saturated carbocycles. The van der Waals surface area contributed by atoms with Gasteiger partial charge >= 0.3 is 0 Å². The van der Waals surface area contributed by atoms with Gasteiger partial charge in [0.2, 0.25) is 0 Å². The molecule has 0 fully saturated rings. The summed E-state index contributed by atoms with van der Waals surface area (Å²) in [6, 6.07) is 11.4. The van der Waals surface area contributed by atoms with Crippen LogP contribution in [0.1, 0.15) is 16.7 Å². The van der Waals surface area contributed by atoms with Crippen LogP contribution in [0.5, 0.6) is 11.5 Å². The van der Waals surface area contributed by atoms with Gasteiger partial charge in [-0.3, -0.25) is 4.55 Å². The van der Waals surface area contributed by atoms with Crippen molar-refractivity contribution in [1.29, 1.82) is 0 Å². The van der Waals surface area contributed by atoms with Crippen molar-refractivity contribution < 1.29 is 23.2 Å². The molecule has 3 aromatic carbocycles. The van der Waals surface area contributed by atoms with Crippen LogP contribution in [0.2, 0.25) is 20.1 Å². The molecular formula is C19H12Cl4O5S. The highest BCUT2D eigenvalue weighted by atomic mass is 35.5. The number of hydrogen-bond donors (Lipinski definition) is 3. The molecule has 0 heterocycles. The third-order valence-electron chi connectivity index (χ3n) is 4.41. The predicted octanol–water partition coefficient (Wildman–Crippen LogP) is 5.89. The van der Waals surface area contributed by atoms with Gasteiger partial charge in [-0.15, -0.1) is 0 Å². The first-order valence-electron chi connectivity index (χ1n) is 7.89. The monoisotopic (exact) mass is 492 g/mol. The molecule has 0 aliphatic carbocycles. The molecular weight excluding hydrogens is 482 g/mol. The molecule has 0 aliphatic rings. The van der Waals surface area contributed by atoms with E-state index in [9.17, 15) is 23.2 Å². The summed E-state index contributed by atoms with van der Waals surface area (Å²) in [4.78, 5) is 0. The zero-order valence-corrected chi connectivity index (χ0v) is 18.1. The fraction of sp³-hybridized carbons (Fsp3) is 0.0526. The first-order valence-corrected chi connectivity index (χ1v) is 10.8. The Labute approximate surface area is 186 Å². The lowest BCUT2D eigenvalue weighted by Crippen LogP contribution is -2.38. The van der Waals surface area contributed by atoms with E-state index in [0.717, 1.165) is 12.1 Å². The largest absolute Gasteiger partial charge is 0.508 e. The van der Waals surface area contributed by atoms with Crippen LogP contribution in [-0.2, 0) is 14.9 Å². The summed E-state index contributed by atoms with van der Waals surface area (Å²) in [5.74, 6) is -0.828. The van der Waals surface area contributed by atoms with E-state index in [1.807, 2.05) is 0 Å². The number of aromatic hydroxyl groups is 2. The zero-order chi connectivity index (χ0) is 21.6. The normalized spacial score (nSPS) is 13.8. The average Bonchev–Trinajstić information content (AvgIpc) is 2.63. The molecule has 0 amide bonds. The van der Waals surface area contributed by atoms with E-state index in [2.05, 4.69) is 0 Å². The summed E-state index contributed by atoms with van der Waals surface area (Å²) < 4.78 is 33.9. The van der Waals surface area contributed by atoms with Gasteiger partial charge in [0.05, 0.1) is 15.1 Å². The summed E-state index contributed by atoms with van der Waals surface area (Å²) in [5.41, 5.74) is -0.280. The van der Waals surface area contributed by atoms with E-state index in [1.165, 1.54) is 42.5 Å². The maximum Gasteiger partial charge on any atom is 0.283 e. The van der Waals surface area contributed by atoms with Gasteiger partial charge in [0.25, 0.3) is 10.1 Å². The van der Waals surface area contributed by atoms with Crippen molar-refractivity contribution in [2.45, 2.75) is 4.75 Å². The number of phenolic OH excluding ortho intramolecular Hbond substituents is 2. The van der Waals surface area contributed by atoms with Crippen LogP contribution in [0.3, 0.4) is 0 Å². The number of benzene rings is 3. The van der Waals surface area contributed by atoms with Crippen molar-refractivity contribution in [2.75, 3.05) is 0 Å². The smallest absolute Gasteiger partial charge is 0.283 e. The van der Waals surface area contributed by atoms with Crippen molar-refractivity contribution in [3.05, 3.63) is 91.4 Å². The van der Waals surface area contributed by atoms with Gasteiger partial charge < -0.3 is 10.2 Å². The van der Waals surface area contributed by atoms with Gasteiger partial charge in [-0.2, -0.15) is 8.42 Å². The van der Waals surface area contributed by atoms with Gasteiger partial charge in [0.15, 0.2) is 4.75 Å². The molecule has 3 rings (SSSR count). The van der Waals surface area contributed by atoms with Crippen LogP contribution in [0.25, 0.3) is 0 Å². The summed E-state index contributed by atoms with van der Waals surface area (Å²) in [6.07, 6.45) is 0. The quantitative estimate of drug-likeness (QED) is 0.311. The molecule has 10 heteroatoms. The predicted molar refractivity (Wildman–Crippen MR) is 114 cm³/mol. The van der Waals surface area contributed by atoms with E-state index in [-0.39, 0.29) is 37.5 Å². The second-order valence-corrected chi connectivity index (χ2v) is 9.33. The molecule has 0 spiro atoms. The van der Waals surface area contributed by atoms with E-state index in [4.69, 9.17) is 46.4 Å². The summed E-state index contributed by atoms with van der Waals surface area (Å²) in [6.45, 7) is 0. The Kier molecular flexibility index (Phi) is 5.98. The van der Waals surface area contributed by atoms with Gasteiger partial charge in [-0.1, -0.05) is 64.6 Å². The Bertz CT molecular complexity index is 1200. The standard InChI is InChI=1S/C19H12Cl4O5S/c20-12-4-1-10(2-5-12)19(29(26,27)28,11-3-6-17(24)16(23)7-11)13-8-14(21)15(22)9-18(13)25/h1-9,24-25H,(H,26,27,28). The number of halogens is 4. The summed E-state index contributed by atoms with van der Waals surface area (Å²) in [7, 11) is -5.03. The minimum atomic E-state index is -5.03. The Morgan fingerprint density at radius 1 is 0.690 bits per heavy atom. The second-order valence-electron chi connectivity index (χ2n) is 6.11. The van der Waals surface area contributed by atoms with E-state index < -0.39 is 20.6 Å². The lowest BCUT2D eigenvalue weighted by Gasteiger charge is -2.33. The van der Waals surface area contributed by atoms with Crippen LogP contribution in [0, 0.1) is 0 Å². The molecule has 3 aromatic rings. The van der Waals surface area contributed by atoms with Crippen LogP contribution < -0.4 is 0 Å². The summed E-state index contributed by atoms with van der Waals surface area (Å²) in [5, 5.41) is 20.5. The van der Waals surface area contributed by atoms with E-state index in [1.54, 1.807) is 0 Å². The molecule has 0 bridgehead atoms. The third kappa shape index (κ3) is 3.77. The first-order chi connectivity index (χ1) is 13.5. The van der Waals surface area contributed by atoms with E-state index >= 15 is 0 Å². The molecule has 0 aromatic heterocycles. The molecule has 0 saturated heterocycles. The Morgan fingerprint density at radius 2 is 1.24 bits per heavy atom. The topological polar surface area (TPSA) is 94.8 Å². The van der Waals surface area contributed by atoms with Crippen LogP contribution in [0.4, 0.5) is 0 Å². The van der Waals surface area contributed by atoms with Crippen molar-refractivity contribution in [3.63, 3.8) is 0 Å². The van der Waals surface area contributed by atoms with Crippen molar-refractivity contribution in [3.8, 4) is 11.5 Å². The number of hydrogen-bond acceptors (Lipinski definition) is 4. The Morgan fingerprint density at radius 3 is 1.79 bits per heavy atom. The van der Waals surface area contributed by atoms with Gasteiger partial charge in [-0.05, 0) is 41.5 Å². The fourth-order valence-corrected chi connectivity index (χ4v) is 5.07. The molecule has 5 nitrogen and oxygen atoms in total. The highest BCUT2D eigenvalue weighted by molar-refractivity contribution is 7.87. The van der Waals surface area contributed by atoms with Crippen molar-refractivity contribution in [1.82, 2.24) is 0 Å². The number of phenols is 2. The minimum absolute atomic E-state index is 0.0167. The van der Waals surface area contributed by atoms with Crippen molar-refractivity contribution >= 4 is 56.5 Å². The first kappa shape index (κ1) is 22.0. The van der Waals surface area contributed by atoms with Crippen LogP contribution in [0.15, 0.2) is 54.6 Å². The SMILES string of the molecule is O=S(=O)(O)C(c1ccc(Cl)cc1)(c1ccc(O)c(Cl)c1)c1cc(Cl)c(Cl)cc1O. The van der Waals surface area contributed by atoms with Gasteiger partial charge in [0.1, 0.15) is 11.5 Å². The zero-order valence-electron chi connectivity index (χ0n) is 14.3. The molecule has 1 atom stereocenters. The third-order valence-corrected chi connectivity index (χ3v) is 7.15. The molecule has 0 radical (unpaired) electrons. The minimum Gasteiger partial charge on any atom is -0.508 e. The second kappa shape index (κ2) is 7.87. The fourth-order valence-electron chi connectivity index (χ4n) is 3.14. The van der Waals surface area contributed by atoms with Crippen LogP contribution >= 0.6 is 46.4 Å². The number of rotatable bonds is 4. The average molecular weight is 494 g/mol. The van der Waals surface area contributed by atoms with Gasteiger partial charge in [0, 0.05) is 16.7 Å². The molecule has 3 N–H and O–H groups in total. The van der Waals surface area contributed by atoms with Crippen molar-refractivity contribution in [2.24, 2.45) is 0 Å². The summed E-state index contributed by atoms with van der Waals surface area (Å²) >= 11 is 24.0. The van der Waals surface area contributed by atoms with Gasteiger partial charge in [-0.25, -0.2) is 0 Å². The maximum absolute atomic E-state index is 12.9. The Balaban J connectivity index is 2.56. The lowest BCUT2D eigenvalue weighted by atomic mass is 9.83. The maximum atomic E-state index is 12.9. The van der Waals surface area contributed by atoms with E-state index in [0.29, 0.717) is 5.02 Å². The molecule has 29 heavy (non-hydrogen) atoms.